The van der Waals surface area contributed by atoms with Gasteiger partial charge in [-0.1, -0.05) is 49.6 Å². The third-order valence-electron chi connectivity index (χ3n) is 2.80. The van der Waals surface area contributed by atoms with E-state index in [0.717, 1.165) is 0 Å². The van der Waals surface area contributed by atoms with Gasteiger partial charge < -0.3 is 10.3 Å². The SMILES string of the molecule is C=CN.C=Cn1c2ccccc2c2ccccc21. The fourth-order valence-corrected chi connectivity index (χ4v) is 2.15. The van der Waals surface area contributed by atoms with Crippen LogP contribution in [0.15, 0.2) is 67.9 Å². The van der Waals surface area contributed by atoms with E-state index in [1.807, 2.05) is 6.20 Å². The molecule has 0 atom stereocenters. The molecule has 0 bridgehead atoms. The Balaban J connectivity index is 0.000000367. The summed E-state index contributed by atoms with van der Waals surface area (Å²) in [5.41, 5.74) is 7.04. The minimum absolute atomic E-state index is 1.22. The summed E-state index contributed by atoms with van der Waals surface area (Å²) in [4.78, 5) is 0. The van der Waals surface area contributed by atoms with Crippen molar-refractivity contribution in [1.82, 2.24) is 4.57 Å². The highest BCUT2D eigenvalue weighted by Gasteiger charge is 2.06. The van der Waals surface area contributed by atoms with Crippen molar-refractivity contribution in [2.45, 2.75) is 0 Å². The highest BCUT2D eigenvalue weighted by molar-refractivity contribution is 6.09. The summed E-state index contributed by atoms with van der Waals surface area (Å²) in [6, 6.07) is 16.8. The van der Waals surface area contributed by atoms with Crippen molar-refractivity contribution in [3.8, 4) is 0 Å². The molecule has 0 aliphatic carbocycles. The Bertz CT molecular complexity index is 639. The monoisotopic (exact) mass is 236 g/mol. The molecular formula is C16H16N2. The van der Waals surface area contributed by atoms with E-state index in [4.69, 9.17) is 0 Å². The zero-order chi connectivity index (χ0) is 13.0. The molecule has 1 aromatic heterocycles. The first-order valence-corrected chi connectivity index (χ1v) is 5.76. The van der Waals surface area contributed by atoms with E-state index in [1.165, 1.54) is 28.0 Å². The molecule has 2 nitrogen and oxygen atoms in total. The Hall–Kier alpha value is -2.48. The van der Waals surface area contributed by atoms with Crippen LogP contribution < -0.4 is 5.73 Å². The Labute approximate surface area is 107 Å². The fraction of sp³-hybridized carbons (Fsp3) is 0. The maximum atomic E-state index is 4.61. The van der Waals surface area contributed by atoms with Gasteiger partial charge in [0.05, 0.1) is 11.0 Å². The summed E-state index contributed by atoms with van der Waals surface area (Å²) >= 11 is 0. The lowest BCUT2D eigenvalue weighted by Crippen LogP contribution is -1.82. The van der Waals surface area contributed by atoms with Gasteiger partial charge in [-0.15, -0.1) is 0 Å². The van der Waals surface area contributed by atoms with Crippen molar-refractivity contribution in [3.05, 3.63) is 67.9 Å². The Kier molecular flexibility index (Phi) is 3.49. The van der Waals surface area contributed by atoms with Crippen LogP contribution in [0.25, 0.3) is 28.0 Å². The minimum atomic E-state index is 1.22. The highest BCUT2D eigenvalue weighted by atomic mass is 14.9. The Morgan fingerprint density at radius 2 is 1.22 bits per heavy atom. The van der Waals surface area contributed by atoms with Crippen molar-refractivity contribution >= 4 is 28.0 Å². The van der Waals surface area contributed by atoms with Crippen molar-refractivity contribution in [3.63, 3.8) is 0 Å². The van der Waals surface area contributed by atoms with Gasteiger partial charge >= 0.3 is 0 Å². The number of para-hydroxylation sites is 2. The lowest BCUT2D eigenvalue weighted by atomic mass is 10.2. The first-order valence-electron chi connectivity index (χ1n) is 5.76. The Morgan fingerprint density at radius 3 is 1.61 bits per heavy atom. The van der Waals surface area contributed by atoms with E-state index >= 15 is 0 Å². The summed E-state index contributed by atoms with van der Waals surface area (Å²) in [7, 11) is 0. The minimum Gasteiger partial charge on any atom is -0.405 e. The molecule has 0 saturated carbocycles. The van der Waals surface area contributed by atoms with Crippen LogP contribution in [0.2, 0.25) is 0 Å². The number of fused-ring (bicyclic) bond motifs is 3. The predicted molar refractivity (Wildman–Crippen MR) is 80.2 cm³/mol. The topological polar surface area (TPSA) is 30.9 Å². The van der Waals surface area contributed by atoms with Crippen LogP contribution in [0, 0.1) is 0 Å². The van der Waals surface area contributed by atoms with Crippen LogP contribution in [0.1, 0.15) is 0 Å². The third kappa shape index (κ3) is 1.89. The molecule has 0 saturated heterocycles. The summed E-state index contributed by atoms with van der Waals surface area (Å²) in [6.45, 7) is 7.01. The molecule has 3 aromatic rings. The van der Waals surface area contributed by atoms with Gasteiger partial charge in [0.25, 0.3) is 0 Å². The molecule has 0 radical (unpaired) electrons. The van der Waals surface area contributed by atoms with Gasteiger partial charge in [-0.3, -0.25) is 0 Å². The van der Waals surface area contributed by atoms with Gasteiger partial charge in [0.1, 0.15) is 0 Å². The average Bonchev–Trinajstić information content (AvgIpc) is 2.73. The zero-order valence-electron chi connectivity index (χ0n) is 10.2. The summed E-state index contributed by atoms with van der Waals surface area (Å²) in [5, 5.41) is 2.57. The quantitative estimate of drug-likeness (QED) is 0.680. The van der Waals surface area contributed by atoms with Gasteiger partial charge in [0.15, 0.2) is 0 Å². The zero-order valence-corrected chi connectivity index (χ0v) is 10.2. The fourth-order valence-electron chi connectivity index (χ4n) is 2.15. The standard InChI is InChI=1S/C14H11N.C2H5N/c1-2-15-13-9-5-3-7-11(13)12-8-4-6-10-14(12)15;1-2-3/h2-10H,1H2;2H,1,3H2. The van der Waals surface area contributed by atoms with E-state index in [9.17, 15) is 0 Å². The van der Waals surface area contributed by atoms with Gasteiger partial charge in [0.2, 0.25) is 0 Å². The third-order valence-corrected chi connectivity index (χ3v) is 2.80. The molecule has 2 heteroatoms. The van der Waals surface area contributed by atoms with Gasteiger partial charge in [-0.05, 0) is 18.3 Å². The average molecular weight is 236 g/mol. The van der Waals surface area contributed by atoms with Crippen LogP contribution in [-0.4, -0.2) is 4.57 Å². The number of benzene rings is 2. The lowest BCUT2D eigenvalue weighted by Gasteiger charge is -1.97. The Morgan fingerprint density at radius 1 is 0.833 bits per heavy atom. The second kappa shape index (κ2) is 5.23. The van der Waals surface area contributed by atoms with Crippen LogP contribution in [0.3, 0.4) is 0 Å². The van der Waals surface area contributed by atoms with Crippen LogP contribution in [0.5, 0.6) is 0 Å². The van der Waals surface area contributed by atoms with Gasteiger partial charge in [0, 0.05) is 17.0 Å². The molecule has 18 heavy (non-hydrogen) atoms. The van der Waals surface area contributed by atoms with Crippen LogP contribution in [0.4, 0.5) is 0 Å². The van der Waals surface area contributed by atoms with E-state index < -0.39 is 0 Å². The second-order valence-electron chi connectivity index (χ2n) is 3.82. The number of hydrogen-bond acceptors (Lipinski definition) is 1. The van der Waals surface area contributed by atoms with Crippen LogP contribution >= 0.6 is 0 Å². The number of nitrogens with zero attached hydrogens (tertiary/aromatic N) is 1. The molecule has 0 aliphatic rings. The van der Waals surface area contributed by atoms with Crippen LogP contribution in [-0.2, 0) is 0 Å². The molecule has 2 N–H and O–H groups in total. The lowest BCUT2D eigenvalue weighted by molar-refractivity contribution is 1.30. The predicted octanol–water partition coefficient (Wildman–Crippen LogP) is 3.98. The van der Waals surface area contributed by atoms with Crippen molar-refractivity contribution in [1.29, 1.82) is 0 Å². The molecular weight excluding hydrogens is 220 g/mol. The van der Waals surface area contributed by atoms with E-state index in [1.54, 1.807) is 0 Å². The maximum Gasteiger partial charge on any atom is 0.0534 e. The first-order chi connectivity index (χ1) is 8.83. The number of hydrogen-bond donors (Lipinski definition) is 1. The number of nitrogens with two attached hydrogens (primary N) is 1. The van der Waals surface area contributed by atoms with Gasteiger partial charge in [-0.25, -0.2) is 0 Å². The largest absolute Gasteiger partial charge is 0.405 e. The van der Waals surface area contributed by atoms with E-state index in [0.29, 0.717) is 0 Å². The summed E-state index contributed by atoms with van der Waals surface area (Å²) in [5.74, 6) is 0. The molecule has 2 aromatic carbocycles. The van der Waals surface area contributed by atoms with Crippen molar-refractivity contribution in [2.24, 2.45) is 5.73 Å². The highest BCUT2D eigenvalue weighted by Crippen LogP contribution is 2.28. The van der Waals surface area contributed by atoms with E-state index in [-0.39, 0.29) is 0 Å². The molecule has 1 heterocycles. The van der Waals surface area contributed by atoms with Gasteiger partial charge in [-0.2, -0.15) is 0 Å². The van der Waals surface area contributed by atoms with Crippen molar-refractivity contribution < 1.29 is 0 Å². The normalized spacial score (nSPS) is 9.78. The second-order valence-corrected chi connectivity index (χ2v) is 3.82. The molecule has 0 spiro atoms. The molecule has 0 unspecified atom stereocenters. The smallest absolute Gasteiger partial charge is 0.0534 e. The molecule has 0 aliphatic heterocycles. The number of aromatic nitrogens is 1. The summed E-state index contributed by atoms with van der Waals surface area (Å²) in [6.07, 6.45) is 3.12. The first kappa shape index (κ1) is 12.0. The number of rotatable bonds is 1. The van der Waals surface area contributed by atoms with E-state index in [2.05, 4.69) is 72.0 Å². The van der Waals surface area contributed by atoms with Crippen molar-refractivity contribution in [2.75, 3.05) is 0 Å². The summed E-state index contributed by atoms with van der Waals surface area (Å²) < 4.78 is 2.13. The molecule has 3 rings (SSSR count). The maximum absolute atomic E-state index is 4.61. The molecule has 90 valence electrons. The molecule has 0 fully saturated rings. The molecule has 0 amide bonds.